The summed E-state index contributed by atoms with van der Waals surface area (Å²) in [5.74, 6) is -0.931. The monoisotopic (exact) mass is 237 g/mol. The molecule has 17 heavy (non-hydrogen) atoms. The first-order chi connectivity index (χ1) is 8.10. The van der Waals surface area contributed by atoms with Gasteiger partial charge in [-0.15, -0.1) is 0 Å². The largest absolute Gasteiger partial charge is 0.477 e. The molecule has 0 aliphatic heterocycles. The van der Waals surface area contributed by atoms with E-state index in [1.165, 1.54) is 0 Å². The molecule has 0 amide bonds. The molecule has 0 bridgehead atoms. The SMILES string of the molecule is CCC(=N)CCN(CC)n1cccc1C(=O)O. The lowest BCUT2D eigenvalue weighted by Crippen LogP contribution is -2.37. The van der Waals surface area contributed by atoms with Gasteiger partial charge in [-0.3, -0.25) is 4.68 Å². The second-order valence-corrected chi connectivity index (χ2v) is 3.80. The smallest absolute Gasteiger partial charge is 0.354 e. The molecule has 0 radical (unpaired) electrons. The highest BCUT2D eigenvalue weighted by molar-refractivity contribution is 5.86. The minimum absolute atomic E-state index is 0.259. The van der Waals surface area contributed by atoms with Crippen molar-refractivity contribution < 1.29 is 9.90 Å². The summed E-state index contributed by atoms with van der Waals surface area (Å²) in [7, 11) is 0. The van der Waals surface area contributed by atoms with Crippen molar-refractivity contribution >= 4 is 11.7 Å². The zero-order valence-electron chi connectivity index (χ0n) is 10.3. The van der Waals surface area contributed by atoms with E-state index in [0.717, 1.165) is 6.42 Å². The molecular weight excluding hydrogens is 218 g/mol. The van der Waals surface area contributed by atoms with Gasteiger partial charge in [0.05, 0.1) is 0 Å². The zero-order chi connectivity index (χ0) is 12.8. The summed E-state index contributed by atoms with van der Waals surface area (Å²) in [6.45, 7) is 5.31. The van der Waals surface area contributed by atoms with E-state index in [-0.39, 0.29) is 5.69 Å². The van der Waals surface area contributed by atoms with Gasteiger partial charge in [0.2, 0.25) is 0 Å². The number of aromatic nitrogens is 1. The van der Waals surface area contributed by atoms with Crippen LogP contribution < -0.4 is 5.01 Å². The first-order valence-electron chi connectivity index (χ1n) is 5.82. The molecule has 0 aliphatic rings. The van der Waals surface area contributed by atoms with Crippen molar-refractivity contribution in [1.29, 1.82) is 5.41 Å². The van der Waals surface area contributed by atoms with Gasteiger partial charge in [-0.2, -0.15) is 0 Å². The quantitative estimate of drug-likeness (QED) is 0.712. The first kappa shape index (κ1) is 13.3. The van der Waals surface area contributed by atoms with Crippen LogP contribution in [0.4, 0.5) is 0 Å². The standard InChI is InChI=1S/C12H19N3O2/c1-3-10(13)7-9-14(4-2)15-8-5-6-11(15)12(16)17/h5-6,8,13H,3-4,7,9H2,1-2H3,(H,16,17). The van der Waals surface area contributed by atoms with Gasteiger partial charge in [0, 0.05) is 31.4 Å². The summed E-state index contributed by atoms with van der Waals surface area (Å²) in [6.07, 6.45) is 3.15. The van der Waals surface area contributed by atoms with Crippen molar-refractivity contribution in [2.75, 3.05) is 18.1 Å². The van der Waals surface area contributed by atoms with Gasteiger partial charge < -0.3 is 15.5 Å². The van der Waals surface area contributed by atoms with E-state index in [4.69, 9.17) is 10.5 Å². The Balaban J connectivity index is 2.76. The highest BCUT2D eigenvalue weighted by Gasteiger charge is 2.13. The van der Waals surface area contributed by atoms with E-state index >= 15 is 0 Å². The fraction of sp³-hybridized carbons (Fsp3) is 0.500. The summed E-state index contributed by atoms with van der Waals surface area (Å²) in [5, 5.41) is 18.6. The van der Waals surface area contributed by atoms with Crippen molar-refractivity contribution in [2.24, 2.45) is 0 Å². The molecule has 5 nitrogen and oxygen atoms in total. The maximum atomic E-state index is 11.0. The zero-order valence-corrected chi connectivity index (χ0v) is 10.3. The summed E-state index contributed by atoms with van der Waals surface area (Å²) in [6, 6.07) is 3.30. The number of carboxylic acid groups (broad SMARTS) is 1. The van der Waals surface area contributed by atoms with E-state index in [1.54, 1.807) is 23.0 Å². The fourth-order valence-corrected chi connectivity index (χ4v) is 1.65. The molecule has 0 spiro atoms. The van der Waals surface area contributed by atoms with Crippen LogP contribution >= 0.6 is 0 Å². The lowest BCUT2D eigenvalue weighted by atomic mass is 10.2. The van der Waals surface area contributed by atoms with Crippen LogP contribution in [0.25, 0.3) is 0 Å². The Bertz CT molecular complexity index is 398. The summed E-state index contributed by atoms with van der Waals surface area (Å²) >= 11 is 0. The lowest BCUT2D eigenvalue weighted by molar-refractivity contribution is 0.0684. The summed E-state index contributed by atoms with van der Waals surface area (Å²) in [5.41, 5.74) is 0.947. The van der Waals surface area contributed by atoms with E-state index in [9.17, 15) is 4.79 Å². The minimum atomic E-state index is -0.931. The number of rotatable bonds is 7. The van der Waals surface area contributed by atoms with Gasteiger partial charge in [0.1, 0.15) is 5.69 Å². The van der Waals surface area contributed by atoms with Crippen LogP contribution in [0.15, 0.2) is 18.3 Å². The molecular formula is C12H19N3O2. The molecule has 0 aliphatic carbocycles. The Morgan fingerprint density at radius 3 is 2.76 bits per heavy atom. The third-order valence-electron chi connectivity index (χ3n) is 2.72. The van der Waals surface area contributed by atoms with Crippen LogP contribution in [-0.2, 0) is 0 Å². The van der Waals surface area contributed by atoms with Crippen molar-refractivity contribution in [3.8, 4) is 0 Å². The number of aromatic carboxylic acids is 1. The third-order valence-corrected chi connectivity index (χ3v) is 2.72. The normalized spacial score (nSPS) is 10.2. The van der Waals surface area contributed by atoms with Crippen molar-refractivity contribution in [3.05, 3.63) is 24.0 Å². The van der Waals surface area contributed by atoms with Crippen LogP contribution in [0.2, 0.25) is 0 Å². The van der Waals surface area contributed by atoms with E-state index in [2.05, 4.69) is 0 Å². The van der Waals surface area contributed by atoms with E-state index < -0.39 is 5.97 Å². The van der Waals surface area contributed by atoms with Crippen molar-refractivity contribution in [2.45, 2.75) is 26.7 Å². The maximum absolute atomic E-state index is 11.0. The molecule has 94 valence electrons. The van der Waals surface area contributed by atoms with Crippen LogP contribution in [0.3, 0.4) is 0 Å². The van der Waals surface area contributed by atoms with Crippen LogP contribution in [0, 0.1) is 5.41 Å². The Kier molecular flexibility index (Phi) is 4.75. The summed E-state index contributed by atoms with van der Waals surface area (Å²) < 4.78 is 1.64. The highest BCUT2D eigenvalue weighted by Crippen LogP contribution is 2.05. The van der Waals surface area contributed by atoms with E-state index in [0.29, 0.717) is 25.2 Å². The van der Waals surface area contributed by atoms with Crippen LogP contribution in [-0.4, -0.2) is 34.6 Å². The molecule has 2 N–H and O–H groups in total. The second-order valence-electron chi connectivity index (χ2n) is 3.80. The molecule has 0 fully saturated rings. The Morgan fingerprint density at radius 2 is 2.24 bits per heavy atom. The van der Waals surface area contributed by atoms with Gasteiger partial charge in [-0.1, -0.05) is 6.92 Å². The number of carbonyl (C=O) groups is 1. The number of hydrogen-bond donors (Lipinski definition) is 2. The molecule has 0 saturated carbocycles. The van der Waals surface area contributed by atoms with Crippen molar-refractivity contribution in [3.63, 3.8) is 0 Å². The topological polar surface area (TPSA) is 69.3 Å². The van der Waals surface area contributed by atoms with Crippen LogP contribution in [0.5, 0.6) is 0 Å². The molecule has 0 unspecified atom stereocenters. The van der Waals surface area contributed by atoms with Gasteiger partial charge in [-0.05, 0) is 25.5 Å². The van der Waals surface area contributed by atoms with Gasteiger partial charge in [0.15, 0.2) is 0 Å². The Morgan fingerprint density at radius 1 is 1.53 bits per heavy atom. The molecule has 0 atom stereocenters. The minimum Gasteiger partial charge on any atom is -0.477 e. The van der Waals surface area contributed by atoms with Crippen LogP contribution in [0.1, 0.15) is 37.2 Å². The third kappa shape index (κ3) is 3.34. The fourth-order valence-electron chi connectivity index (χ4n) is 1.65. The molecule has 1 aromatic rings. The number of nitrogens with zero attached hydrogens (tertiary/aromatic N) is 2. The van der Waals surface area contributed by atoms with Crippen molar-refractivity contribution in [1.82, 2.24) is 4.68 Å². The van der Waals surface area contributed by atoms with E-state index in [1.807, 2.05) is 18.9 Å². The average Bonchev–Trinajstić information content (AvgIpc) is 2.78. The number of hydrogen-bond acceptors (Lipinski definition) is 3. The highest BCUT2D eigenvalue weighted by atomic mass is 16.4. The van der Waals surface area contributed by atoms with Gasteiger partial charge >= 0.3 is 5.97 Å². The van der Waals surface area contributed by atoms with Gasteiger partial charge in [0.25, 0.3) is 0 Å². The molecule has 0 saturated heterocycles. The molecule has 1 aromatic heterocycles. The predicted molar refractivity (Wildman–Crippen MR) is 67.7 cm³/mol. The number of carboxylic acids is 1. The Labute approximate surface area is 101 Å². The molecule has 1 heterocycles. The molecule has 1 rings (SSSR count). The van der Waals surface area contributed by atoms with Gasteiger partial charge in [-0.25, -0.2) is 4.79 Å². The first-order valence-corrected chi connectivity index (χ1v) is 5.82. The molecule has 0 aromatic carbocycles. The maximum Gasteiger partial charge on any atom is 0.354 e. The lowest BCUT2D eigenvalue weighted by Gasteiger charge is -2.25. The second kappa shape index (κ2) is 6.08. The average molecular weight is 237 g/mol. The number of nitrogens with one attached hydrogen (secondary N) is 1. The summed E-state index contributed by atoms with van der Waals surface area (Å²) in [4.78, 5) is 11.0. The molecule has 5 heteroatoms. The Hall–Kier alpha value is -1.78. The predicted octanol–water partition coefficient (Wildman–Crippen LogP) is 1.96.